The SMILES string of the molecule is COc1c(N2CCN(C)CC2I)c(F)cc2c(=O)c(C(=O)O)cn(C)c12.Cl.O. The Balaban J connectivity index is 0.00000196. The molecule has 1 aromatic heterocycles. The summed E-state index contributed by atoms with van der Waals surface area (Å²) in [4.78, 5) is 27.9. The number of methoxy groups -OCH3 is 1. The lowest BCUT2D eigenvalue weighted by Crippen LogP contribution is -2.49. The summed E-state index contributed by atoms with van der Waals surface area (Å²) in [7, 11) is 5.05. The molecule has 1 aliphatic rings. The second kappa shape index (κ2) is 9.25. The van der Waals surface area contributed by atoms with Crippen molar-refractivity contribution in [3.8, 4) is 5.75 Å². The van der Waals surface area contributed by atoms with Crippen molar-refractivity contribution in [1.82, 2.24) is 9.47 Å². The molecule has 3 N–H and O–H groups in total. The topological polar surface area (TPSA) is 107 Å². The summed E-state index contributed by atoms with van der Waals surface area (Å²) in [5, 5.41) is 9.20. The Morgan fingerprint density at radius 2 is 2.00 bits per heavy atom. The molecule has 2 aromatic rings. The summed E-state index contributed by atoms with van der Waals surface area (Å²) in [6.07, 6.45) is 1.24. The lowest BCUT2D eigenvalue weighted by Gasteiger charge is -2.39. The number of nitrogens with zero attached hydrogens (tertiary/aromatic N) is 3. The highest BCUT2D eigenvalue weighted by Crippen LogP contribution is 2.40. The first-order valence-corrected chi connectivity index (χ1v) is 9.23. The molecule has 1 saturated heterocycles. The van der Waals surface area contributed by atoms with Crippen LogP contribution >= 0.6 is 35.0 Å². The van der Waals surface area contributed by atoms with E-state index >= 15 is 4.39 Å². The van der Waals surface area contributed by atoms with E-state index in [1.807, 2.05) is 11.9 Å². The number of aryl methyl sites for hydroxylation is 1. The van der Waals surface area contributed by atoms with Crippen LogP contribution in [0, 0.1) is 5.82 Å². The van der Waals surface area contributed by atoms with Gasteiger partial charge in [-0.3, -0.25) is 4.79 Å². The van der Waals surface area contributed by atoms with Gasteiger partial charge in [0.15, 0.2) is 11.6 Å². The monoisotopic (exact) mass is 529 g/mol. The third kappa shape index (κ3) is 4.04. The van der Waals surface area contributed by atoms with Crippen molar-refractivity contribution in [1.29, 1.82) is 0 Å². The first-order chi connectivity index (χ1) is 12.3. The van der Waals surface area contributed by atoms with Crippen LogP contribution in [0.3, 0.4) is 0 Å². The maximum Gasteiger partial charge on any atom is 0.341 e. The Morgan fingerprint density at radius 1 is 1.36 bits per heavy atom. The quantitative estimate of drug-likeness (QED) is 0.367. The minimum absolute atomic E-state index is 0. The molecule has 156 valence electrons. The van der Waals surface area contributed by atoms with Crippen LogP contribution in [0.5, 0.6) is 5.75 Å². The van der Waals surface area contributed by atoms with E-state index in [0.29, 0.717) is 17.7 Å². The summed E-state index contributed by atoms with van der Waals surface area (Å²) in [5.74, 6) is -1.70. The van der Waals surface area contributed by atoms with Gasteiger partial charge in [-0.25, -0.2) is 9.18 Å². The van der Waals surface area contributed by atoms with Crippen LogP contribution in [0.2, 0.25) is 0 Å². The Bertz CT molecular complexity index is 955. The van der Waals surface area contributed by atoms with Crippen LogP contribution in [0.1, 0.15) is 10.4 Å². The number of rotatable bonds is 3. The number of piperazine rings is 1. The van der Waals surface area contributed by atoms with Crippen molar-refractivity contribution in [3.05, 3.63) is 33.9 Å². The minimum atomic E-state index is -1.35. The highest BCUT2D eigenvalue weighted by Gasteiger charge is 2.30. The number of carbonyl (C=O) groups is 1. The number of alkyl halides is 1. The molecule has 0 amide bonds. The molecule has 11 heteroatoms. The van der Waals surface area contributed by atoms with Gasteiger partial charge in [0.25, 0.3) is 0 Å². The van der Waals surface area contributed by atoms with Crippen LogP contribution in [-0.4, -0.2) is 63.9 Å². The predicted molar refractivity (Wildman–Crippen MR) is 116 cm³/mol. The number of halogens is 3. The van der Waals surface area contributed by atoms with E-state index in [9.17, 15) is 14.7 Å². The molecule has 0 radical (unpaired) electrons. The van der Waals surface area contributed by atoms with E-state index in [1.54, 1.807) is 7.05 Å². The zero-order chi connectivity index (χ0) is 19.2. The molecule has 0 bridgehead atoms. The number of fused-ring (bicyclic) bond motifs is 1. The number of likely N-dealkylation sites (N-methyl/N-ethyl adjacent to an activating group) is 1. The van der Waals surface area contributed by atoms with E-state index in [0.717, 1.165) is 19.2 Å². The second-order valence-corrected chi connectivity index (χ2v) is 7.75. The van der Waals surface area contributed by atoms with Crippen molar-refractivity contribution in [2.45, 2.75) is 4.05 Å². The van der Waals surface area contributed by atoms with Crippen LogP contribution < -0.4 is 15.1 Å². The van der Waals surface area contributed by atoms with E-state index < -0.39 is 22.8 Å². The highest BCUT2D eigenvalue weighted by atomic mass is 127. The van der Waals surface area contributed by atoms with Gasteiger partial charge in [0.05, 0.1) is 22.1 Å². The summed E-state index contributed by atoms with van der Waals surface area (Å²) >= 11 is 2.26. The zero-order valence-electron chi connectivity index (χ0n) is 15.5. The average molecular weight is 530 g/mol. The lowest BCUT2D eigenvalue weighted by molar-refractivity contribution is 0.0695. The van der Waals surface area contributed by atoms with Crippen LogP contribution in [0.15, 0.2) is 17.1 Å². The van der Waals surface area contributed by atoms with Gasteiger partial charge in [-0.05, 0) is 13.1 Å². The number of carboxylic acids is 1. The Kier molecular flexibility index (Phi) is 8.06. The summed E-state index contributed by atoms with van der Waals surface area (Å²) in [6.45, 7) is 2.15. The van der Waals surface area contributed by atoms with E-state index in [1.165, 1.54) is 17.9 Å². The van der Waals surface area contributed by atoms with Crippen molar-refractivity contribution >= 4 is 57.6 Å². The fourth-order valence-electron chi connectivity index (χ4n) is 3.32. The zero-order valence-corrected chi connectivity index (χ0v) is 18.5. The first-order valence-electron chi connectivity index (χ1n) is 7.98. The Labute approximate surface area is 180 Å². The predicted octanol–water partition coefficient (Wildman–Crippen LogP) is 1.49. The average Bonchev–Trinajstić information content (AvgIpc) is 2.57. The molecule has 0 spiro atoms. The summed E-state index contributed by atoms with van der Waals surface area (Å²) in [5.41, 5.74) is -0.452. The van der Waals surface area contributed by atoms with Gasteiger partial charge in [0, 0.05) is 32.9 Å². The van der Waals surface area contributed by atoms with Crippen LogP contribution in [0.4, 0.5) is 10.1 Å². The smallest absolute Gasteiger partial charge is 0.341 e. The van der Waals surface area contributed by atoms with Crippen LogP contribution in [0.25, 0.3) is 10.9 Å². The maximum absolute atomic E-state index is 15.0. The third-order valence-electron chi connectivity index (χ3n) is 4.59. The van der Waals surface area contributed by atoms with Gasteiger partial charge in [-0.15, -0.1) is 12.4 Å². The van der Waals surface area contributed by atoms with Gasteiger partial charge >= 0.3 is 5.97 Å². The molecule has 2 heterocycles. The molecule has 0 saturated carbocycles. The molecule has 3 rings (SSSR count). The van der Waals surface area contributed by atoms with Gasteiger partial charge in [-0.1, -0.05) is 22.6 Å². The standard InChI is InChI=1S/C17H19FIN3O4.ClH.H2O/c1-20-4-5-22(12(19)8-20)14-11(18)6-9-13(16(14)26-3)21(2)7-10(15(9)23)17(24)25;;/h6-7,12H,4-5,8H2,1-3H3,(H,24,25);1H;1H2. The number of aromatic carboxylic acids is 1. The second-order valence-electron chi connectivity index (χ2n) is 6.31. The number of anilines is 1. The van der Waals surface area contributed by atoms with Gasteiger partial charge < -0.3 is 29.7 Å². The highest BCUT2D eigenvalue weighted by molar-refractivity contribution is 14.1. The molecule has 28 heavy (non-hydrogen) atoms. The number of benzene rings is 1. The van der Waals surface area contributed by atoms with Crippen molar-refractivity contribution in [3.63, 3.8) is 0 Å². The largest absolute Gasteiger partial charge is 0.492 e. The lowest BCUT2D eigenvalue weighted by atomic mass is 10.1. The molecule has 1 fully saturated rings. The molecule has 1 atom stereocenters. The fourth-order valence-corrected chi connectivity index (χ4v) is 4.55. The van der Waals surface area contributed by atoms with Crippen LogP contribution in [-0.2, 0) is 7.05 Å². The summed E-state index contributed by atoms with van der Waals surface area (Å²) in [6, 6.07) is 1.11. The molecule has 1 aliphatic heterocycles. The molecule has 1 aromatic carbocycles. The van der Waals surface area contributed by atoms with E-state index in [4.69, 9.17) is 4.74 Å². The number of ether oxygens (including phenoxy) is 1. The normalized spacial score (nSPS) is 17.0. The number of hydrogen-bond donors (Lipinski definition) is 1. The first kappa shape index (κ1) is 24.4. The van der Waals surface area contributed by atoms with Crippen molar-refractivity contribution < 1.29 is 24.5 Å². The van der Waals surface area contributed by atoms with Crippen molar-refractivity contribution in [2.24, 2.45) is 7.05 Å². The third-order valence-corrected chi connectivity index (χ3v) is 5.66. The molecular weight excluding hydrogens is 508 g/mol. The maximum atomic E-state index is 15.0. The van der Waals surface area contributed by atoms with Gasteiger partial charge in [0.2, 0.25) is 5.43 Å². The summed E-state index contributed by atoms with van der Waals surface area (Å²) < 4.78 is 22.1. The Hall–Kier alpha value is -1.63. The van der Waals surface area contributed by atoms with E-state index in [2.05, 4.69) is 27.5 Å². The Morgan fingerprint density at radius 3 is 2.54 bits per heavy atom. The van der Waals surface area contributed by atoms with Crippen molar-refractivity contribution in [2.75, 3.05) is 38.7 Å². The van der Waals surface area contributed by atoms with Gasteiger partial charge in [0.1, 0.15) is 11.3 Å². The molecule has 0 aliphatic carbocycles. The molecular formula is C17H22ClFIN3O5. The minimum Gasteiger partial charge on any atom is -0.492 e. The number of aromatic nitrogens is 1. The molecule has 8 nitrogen and oxygen atoms in total. The number of hydrogen-bond acceptors (Lipinski definition) is 5. The van der Waals surface area contributed by atoms with Gasteiger partial charge in [-0.2, -0.15) is 0 Å². The van der Waals surface area contributed by atoms with E-state index in [-0.39, 0.29) is 33.1 Å². The number of carboxylic acid groups (broad SMARTS) is 1. The fraction of sp³-hybridized carbons (Fsp3) is 0.412. The number of pyridine rings is 1. The molecule has 1 unspecified atom stereocenters.